The Morgan fingerprint density at radius 2 is 1.50 bits per heavy atom. The van der Waals surface area contributed by atoms with E-state index in [1.54, 1.807) is 0 Å². The van der Waals surface area contributed by atoms with Gasteiger partial charge in [-0.3, -0.25) is 4.57 Å². The lowest BCUT2D eigenvalue weighted by atomic mass is 10.1. The summed E-state index contributed by atoms with van der Waals surface area (Å²) in [5.74, 6) is -0.495. The van der Waals surface area contributed by atoms with Crippen molar-refractivity contribution in [2.45, 2.75) is 12.7 Å². The van der Waals surface area contributed by atoms with Crippen molar-refractivity contribution in [2.24, 2.45) is 0 Å². The van der Waals surface area contributed by atoms with E-state index in [9.17, 15) is 4.57 Å². The molecular weight excluding hydrogens is 367 g/mol. The van der Waals surface area contributed by atoms with Gasteiger partial charge in [0.05, 0.1) is 0 Å². The van der Waals surface area contributed by atoms with Crippen molar-refractivity contribution in [1.82, 2.24) is 0 Å². The summed E-state index contributed by atoms with van der Waals surface area (Å²) in [5.41, 5.74) is 4.03. The molecule has 28 heavy (non-hydrogen) atoms. The Labute approximate surface area is 167 Å². The van der Waals surface area contributed by atoms with Gasteiger partial charge in [-0.05, 0) is 48.9 Å². The maximum atomic E-state index is 14.2. The maximum Gasteiger partial charge on any atom is 0.257 e. The first kappa shape index (κ1) is 20.2. The van der Waals surface area contributed by atoms with Crippen LogP contribution in [0.1, 0.15) is 16.9 Å². The van der Waals surface area contributed by atoms with Crippen LogP contribution in [0.3, 0.4) is 0 Å². The van der Waals surface area contributed by atoms with Crippen molar-refractivity contribution in [3.63, 3.8) is 0 Å². The molecule has 0 unspecified atom stereocenters. The van der Waals surface area contributed by atoms with Crippen LogP contribution in [0.4, 0.5) is 11.4 Å². The van der Waals surface area contributed by atoms with Crippen LogP contribution in [0.2, 0.25) is 0 Å². The lowest BCUT2D eigenvalue weighted by molar-refractivity contribution is 0.396. The van der Waals surface area contributed by atoms with Crippen LogP contribution in [0.15, 0.2) is 78.9 Å². The van der Waals surface area contributed by atoms with Crippen LogP contribution >= 0.6 is 7.37 Å². The van der Waals surface area contributed by atoms with Gasteiger partial charge >= 0.3 is 0 Å². The second kappa shape index (κ2) is 8.64. The normalized spacial score (nSPS) is 14.1. The van der Waals surface area contributed by atoms with Crippen molar-refractivity contribution in [2.75, 3.05) is 31.4 Å². The molecule has 3 aromatic rings. The highest BCUT2D eigenvalue weighted by Crippen LogP contribution is 2.58. The van der Waals surface area contributed by atoms with Crippen LogP contribution in [0.25, 0.3) is 0 Å². The zero-order valence-corrected chi connectivity index (χ0v) is 17.7. The number of hydrogen-bond donors (Lipinski definition) is 1. The van der Waals surface area contributed by atoms with Gasteiger partial charge in [-0.25, -0.2) is 0 Å². The minimum absolute atomic E-state index is 0.495. The third-order valence-corrected chi connectivity index (χ3v) is 7.47. The quantitative estimate of drug-likeness (QED) is 0.543. The average Bonchev–Trinajstić information content (AvgIpc) is 2.73. The van der Waals surface area contributed by atoms with Gasteiger partial charge in [-0.1, -0.05) is 48.0 Å². The Kier molecular flexibility index (Phi) is 6.23. The SMILES string of the molecule is CO[P@@](=O)(c1ccc(N(C)C)cc1)[C@@H](Nc1ccccc1)c1ccc(C)cc1. The molecule has 0 amide bonds. The second-order valence-electron chi connectivity index (χ2n) is 7.01. The van der Waals surface area contributed by atoms with Crippen molar-refractivity contribution < 1.29 is 9.09 Å². The van der Waals surface area contributed by atoms with Gasteiger partial charge in [0.2, 0.25) is 0 Å². The van der Waals surface area contributed by atoms with E-state index in [1.807, 2.05) is 105 Å². The minimum Gasteiger partial charge on any atom is -0.378 e. The number of rotatable bonds is 7. The Bertz CT molecular complexity index is 939. The van der Waals surface area contributed by atoms with Crippen LogP contribution in [0.5, 0.6) is 0 Å². The van der Waals surface area contributed by atoms with E-state index in [4.69, 9.17) is 4.52 Å². The number of nitrogens with one attached hydrogen (secondary N) is 1. The predicted molar refractivity (Wildman–Crippen MR) is 119 cm³/mol. The molecule has 0 fully saturated rings. The number of nitrogens with zero attached hydrogens (tertiary/aromatic N) is 1. The van der Waals surface area contributed by atoms with Gasteiger partial charge < -0.3 is 14.7 Å². The topological polar surface area (TPSA) is 41.6 Å². The Morgan fingerprint density at radius 1 is 0.893 bits per heavy atom. The lowest BCUT2D eigenvalue weighted by Crippen LogP contribution is -2.20. The zero-order valence-electron chi connectivity index (χ0n) is 16.8. The molecule has 146 valence electrons. The molecule has 4 nitrogen and oxygen atoms in total. The fraction of sp³-hybridized carbons (Fsp3) is 0.217. The molecule has 3 rings (SSSR count). The van der Waals surface area contributed by atoms with Gasteiger partial charge in [0, 0.05) is 37.9 Å². The molecule has 0 radical (unpaired) electrons. The molecule has 0 saturated carbocycles. The molecule has 0 aliphatic heterocycles. The largest absolute Gasteiger partial charge is 0.378 e. The lowest BCUT2D eigenvalue weighted by Gasteiger charge is -2.29. The highest BCUT2D eigenvalue weighted by atomic mass is 31.2. The standard InChI is InChI=1S/C23H27N2O2P/c1-18-10-12-19(13-11-18)23(24-20-8-6-5-7-9-20)28(26,27-4)22-16-14-21(15-17-22)25(2)3/h5-17,23-24H,1-4H3/t23-,28+/m1/s1. The first-order chi connectivity index (χ1) is 13.4. The summed E-state index contributed by atoms with van der Waals surface area (Å²) in [4.78, 5) is 2.02. The van der Waals surface area contributed by atoms with E-state index < -0.39 is 13.2 Å². The van der Waals surface area contributed by atoms with Crippen LogP contribution in [-0.4, -0.2) is 21.2 Å². The van der Waals surface area contributed by atoms with Crippen LogP contribution in [0, 0.1) is 6.92 Å². The number of anilines is 2. The summed E-state index contributed by atoms with van der Waals surface area (Å²) < 4.78 is 19.9. The summed E-state index contributed by atoms with van der Waals surface area (Å²) in [6, 6.07) is 25.6. The molecule has 1 N–H and O–H groups in total. The van der Waals surface area contributed by atoms with E-state index in [0.29, 0.717) is 5.30 Å². The van der Waals surface area contributed by atoms with E-state index >= 15 is 0 Å². The summed E-state index contributed by atoms with van der Waals surface area (Å²) >= 11 is 0. The van der Waals surface area contributed by atoms with Crippen LogP contribution < -0.4 is 15.5 Å². The molecule has 0 aromatic heterocycles. The molecule has 5 heteroatoms. The molecule has 0 spiro atoms. The van der Waals surface area contributed by atoms with Crippen molar-refractivity contribution in [3.8, 4) is 0 Å². The average molecular weight is 394 g/mol. The monoisotopic (exact) mass is 394 g/mol. The first-order valence-corrected chi connectivity index (χ1v) is 10.9. The fourth-order valence-electron chi connectivity index (χ4n) is 3.12. The molecular formula is C23H27N2O2P. The predicted octanol–water partition coefficient (Wildman–Crippen LogP) is 5.42. The van der Waals surface area contributed by atoms with Crippen molar-refractivity contribution in [1.29, 1.82) is 0 Å². The zero-order chi connectivity index (χ0) is 20.1. The highest BCUT2D eigenvalue weighted by molar-refractivity contribution is 7.67. The van der Waals surface area contributed by atoms with Crippen molar-refractivity contribution in [3.05, 3.63) is 90.0 Å². The Balaban J connectivity index is 2.07. The summed E-state index contributed by atoms with van der Waals surface area (Å²) in [6.45, 7) is 2.04. The number of aryl methyl sites for hydroxylation is 1. The Hall–Kier alpha value is -2.55. The first-order valence-electron chi connectivity index (χ1n) is 9.25. The summed E-state index contributed by atoms with van der Waals surface area (Å²) in [6.07, 6.45) is 0. The Morgan fingerprint density at radius 3 is 2.04 bits per heavy atom. The van der Waals surface area contributed by atoms with Gasteiger partial charge in [-0.2, -0.15) is 0 Å². The maximum absolute atomic E-state index is 14.2. The van der Waals surface area contributed by atoms with E-state index in [0.717, 1.165) is 22.5 Å². The van der Waals surface area contributed by atoms with Gasteiger partial charge in [0.15, 0.2) is 0 Å². The van der Waals surface area contributed by atoms with Gasteiger partial charge in [0.25, 0.3) is 7.37 Å². The van der Waals surface area contributed by atoms with E-state index in [-0.39, 0.29) is 0 Å². The van der Waals surface area contributed by atoms with E-state index in [2.05, 4.69) is 5.32 Å². The number of benzene rings is 3. The van der Waals surface area contributed by atoms with Crippen LogP contribution in [-0.2, 0) is 9.09 Å². The molecule has 3 aromatic carbocycles. The van der Waals surface area contributed by atoms with Gasteiger partial charge in [0.1, 0.15) is 5.78 Å². The molecule has 0 heterocycles. The molecule has 0 saturated heterocycles. The molecule has 2 atom stereocenters. The second-order valence-corrected chi connectivity index (χ2v) is 9.61. The summed E-state index contributed by atoms with van der Waals surface area (Å²) in [7, 11) is 2.24. The molecule has 0 aliphatic rings. The number of hydrogen-bond acceptors (Lipinski definition) is 4. The third-order valence-electron chi connectivity index (χ3n) is 4.81. The molecule has 0 aliphatic carbocycles. The third kappa shape index (κ3) is 4.30. The molecule has 0 bridgehead atoms. The smallest absolute Gasteiger partial charge is 0.257 e. The fourth-order valence-corrected chi connectivity index (χ4v) is 5.29. The van der Waals surface area contributed by atoms with Crippen molar-refractivity contribution >= 4 is 24.0 Å². The van der Waals surface area contributed by atoms with E-state index in [1.165, 1.54) is 7.11 Å². The number of para-hydroxylation sites is 1. The van der Waals surface area contributed by atoms with Gasteiger partial charge in [-0.15, -0.1) is 0 Å². The summed E-state index contributed by atoms with van der Waals surface area (Å²) in [5, 5.41) is 4.13. The highest BCUT2D eigenvalue weighted by Gasteiger charge is 2.36. The minimum atomic E-state index is -3.24.